The van der Waals surface area contributed by atoms with Crippen LogP contribution in [0.4, 0.5) is 10.1 Å². The highest BCUT2D eigenvalue weighted by Crippen LogP contribution is 2.33. The normalized spacial score (nSPS) is 16.3. The number of aromatic nitrogens is 2. The van der Waals surface area contributed by atoms with Crippen LogP contribution in [0.2, 0.25) is 0 Å². The Morgan fingerprint density at radius 2 is 1.93 bits per heavy atom. The fourth-order valence-electron chi connectivity index (χ4n) is 3.75. The van der Waals surface area contributed by atoms with Crippen molar-refractivity contribution in [3.05, 3.63) is 60.4 Å². The summed E-state index contributed by atoms with van der Waals surface area (Å²) < 4.78 is 15.3. The van der Waals surface area contributed by atoms with Gasteiger partial charge in [0, 0.05) is 12.0 Å². The number of rotatable bonds is 3. The number of carbonyl (C=O) groups excluding carboxylic acids is 2. The predicted molar refractivity (Wildman–Crippen MR) is 109 cm³/mol. The number of hydrogen-bond acceptors (Lipinski definition) is 3. The molecule has 6 nitrogen and oxygen atoms in total. The first-order valence-electron chi connectivity index (χ1n) is 9.36. The summed E-state index contributed by atoms with van der Waals surface area (Å²) in [5.74, 6) is -1.16. The average Bonchev–Trinajstić information content (AvgIpc) is 3.36. The summed E-state index contributed by atoms with van der Waals surface area (Å²) >= 11 is 0. The van der Waals surface area contributed by atoms with E-state index in [0.717, 1.165) is 16.3 Å². The average molecular weight is 388 g/mol. The van der Waals surface area contributed by atoms with Crippen molar-refractivity contribution >= 4 is 39.2 Å². The van der Waals surface area contributed by atoms with Gasteiger partial charge >= 0.3 is 0 Å². The van der Waals surface area contributed by atoms with Gasteiger partial charge in [-0.2, -0.15) is 5.10 Å². The third kappa shape index (κ3) is 3.00. The number of hydrogen-bond donors (Lipinski definition) is 3. The van der Waals surface area contributed by atoms with Crippen molar-refractivity contribution in [1.29, 1.82) is 0 Å². The van der Waals surface area contributed by atoms with Crippen molar-refractivity contribution < 1.29 is 14.0 Å². The number of nitrogens with one attached hydrogen (secondary N) is 3. The van der Waals surface area contributed by atoms with Crippen molar-refractivity contribution in [2.45, 2.75) is 18.9 Å². The molecule has 4 aromatic rings. The molecule has 3 aromatic carbocycles. The van der Waals surface area contributed by atoms with Crippen LogP contribution in [0.3, 0.4) is 0 Å². The number of halogens is 1. The monoisotopic (exact) mass is 388 g/mol. The molecule has 2 heterocycles. The Morgan fingerprint density at radius 3 is 2.72 bits per heavy atom. The number of fused-ring (bicyclic) bond motifs is 2. The third-order valence-electron chi connectivity index (χ3n) is 5.26. The second-order valence-corrected chi connectivity index (χ2v) is 7.13. The molecule has 7 heteroatoms. The Kier molecular flexibility index (Phi) is 4.01. The molecule has 0 unspecified atom stereocenters. The van der Waals surface area contributed by atoms with Crippen molar-refractivity contribution in [3.8, 4) is 11.3 Å². The zero-order valence-electron chi connectivity index (χ0n) is 15.3. The van der Waals surface area contributed by atoms with E-state index in [1.54, 1.807) is 6.07 Å². The van der Waals surface area contributed by atoms with Gasteiger partial charge in [-0.3, -0.25) is 14.7 Å². The molecule has 1 aliphatic heterocycles. The number of carbonyl (C=O) groups is 2. The summed E-state index contributed by atoms with van der Waals surface area (Å²) in [5, 5.41) is 14.8. The van der Waals surface area contributed by atoms with Crippen LogP contribution in [0.25, 0.3) is 32.9 Å². The molecule has 3 N–H and O–H groups in total. The molecule has 1 saturated heterocycles. The molecule has 5 rings (SSSR count). The lowest BCUT2D eigenvalue weighted by molar-refractivity contribution is -0.122. The lowest BCUT2D eigenvalue weighted by Crippen LogP contribution is -2.37. The molecule has 1 fully saturated rings. The van der Waals surface area contributed by atoms with E-state index < -0.39 is 17.8 Å². The van der Waals surface area contributed by atoms with Gasteiger partial charge in [-0.25, -0.2) is 4.39 Å². The van der Waals surface area contributed by atoms with Crippen LogP contribution in [0.1, 0.15) is 12.8 Å². The van der Waals surface area contributed by atoms with E-state index in [9.17, 15) is 9.59 Å². The summed E-state index contributed by atoms with van der Waals surface area (Å²) in [6, 6.07) is 16.3. The summed E-state index contributed by atoms with van der Waals surface area (Å²) in [7, 11) is 0. The number of H-pyrrole nitrogens is 1. The van der Waals surface area contributed by atoms with Crippen molar-refractivity contribution in [2.75, 3.05) is 5.32 Å². The Morgan fingerprint density at radius 1 is 1.10 bits per heavy atom. The largest absolute Gasteiger partial charge is 0.344 e. The number of aromatic amines is 1. The minimum absolute atomic E-state index is 0.0621. The highest BCUT2D eigenvalue weighted by Gasteiger charge is 2.28. The van der Waals surface area contributed by atoms with Gasteiger partial charge in [0.05, 0.1) is 16.6 Å². The Balaban J connectivity index is 1.54. The van der Waals surface area contributed by atoms with Crippen LogP contribution in [0.5, 0.6) is 0 Å². The minimum Gasteiger partial charge on any atom is -0.344 e. The summed E-state index contributed by atoms with van der Waals surface area (Å²) in [6.45, 7) is 0. The van der Waals surface area contributed by atoms with Crippen LogP contribution < -0.4 is 10.6 Å². The van der Waals surface area contributed by atoms with Gasteiger partial charge in [0.25, 0.3) is 0 Å². The highest BCUT2D eigenvalue weighted by molar-refractivity contribution is 6.03. The molecule has 2 amide bonds. The van der Waals surface area contributed by atoms with Crippen LogP contribution >= 0.6 is 0 Å². The molecule has 1 aromatic heterocycles. The molecular formula is C22H17FN4O2. The number of benzene rings is 3. The maximum atomic E-state index is 15.3. The maximum absolute atomic E-state index is 15.3. The van der Waals surface area contributed by atoms with Crippen LogP contribution in [0.15, 0.2) is 54.6 Å². The number of anilines is 1. The second kappa shape index (κ2) is 6.70. The van der Waals surface area contributed by atoms with Gasteiger partial charge in [0.1, 0.15) is 11.7 Å². The lowest BCUT2D eigenvalue weighted by atomic mass is 10.0. The second-order valence-electron chi connectivity index (χ2n) is 7.13. The van der Waals surface area contributed by atoms with Gasteiger partial charge in [-0.1, -0.05) is 36.4 Å². The van der Waals surface area contributed by atoms with E-state index in [1.807, 2.05) is 42.5 Å². The predicted octanol–water partition coefficient (Wildman–Crippen LogP) is 3.74. The molecule has 1 atom stereocenters. The first-order valence-corrected chi connectivity index (χ1v) is 9.36. The van der Waals surface area contributed by atoms with Crippen molar-refractivity contribution in [2.24, 2.45) is 0 Å². The van der Waals surface area contributed by atoms with Crippen LogP contribution in [-0.2, 0) is 9.59 Å². The molecule has 0 bridgehead atoms. The summed E-state index contributed by atoms with van der Waals surface area (Å²) in [6.07, 6.45) is 0.704. The van der Waals surface area contributed by atoms with Gasteiger partial charge in [0.2, 0.25) is 11.8 Å². The number of nitrogens with zero attached hydrogens (tertiary/aromatic N) is 1. The first-order chi connectivity index (χ1) is 14.1. The Labute approximate surface area is 165 Å². The zero-order chi connectivity index (χ0) is 20.0. The molecule has 1 aliphatic rings. The quantitative estimate of drug-likeness (QED) is 0.500. The van der Waals surface area contributed by atoms with E-state index in [2.05, 4.69) is 20.8 Å². The first kappa shape index (κ1) is 17.4. The van der Waals surface area contributed by atoms with E-state index in [0.29, 0.717) is 29.4 Å². The van der Waals surface area contributed by atoms with Crippen LogP contribution in [-0.4, -0.2) is 28.1 Å². The summed E-state index contributed by atoms with van der Waals surface area (Å²) in [5.41, 5.74) is 1.86. The highest BCUT2D eigenvalue weighted by atomic mass is 19.1. The van der Waals surface area contributed by atoms with E-state index in [-0.39, 0.29) is 11.6 Å². The standard InChI is InChI=1S/C22H17FN4O2/c23-20-16(25-22(29)17-9-10-18(28)24-17)8-7-15-19(20)21(27-26-15)14-6-5-12-3-1-2-4-13(12)11-14/h1-8,11,17H,9-10H2,(H,24,28)(H,25,29)(H,26,27)/t17-/m0/s1. The fourth-order valence-corrected chi connectivity index (χ4v) is 3.75. The van der Waals surface area contributed by atoms with Crippen LogP contribution in [0, 0.1) is 5.82 Å². The lowest BCUT2D eigenvalue weighted by Gasteiger charge is -2.12. The molecule has 0 saturated carbocycles. The van der Waals surface area contributed by atoms with Crippen molar-refractivity contribution in [3.63, 3.8) is 0 Å². The molecule has 144 valence electrons. The van der Waals surface area contributed by atoms with Gasteiger partial charge in [-0.05, 0) is 35.4 Å². The molecule has 0 spiro atoms. The minimum atomic E-state index is -0.637. The van der Waals surface area contributed by atoms with Gasteiger partial charge < -0.3 is 10.6 Å². The zero-order valence-corrected chi connectivity index (χ0v) is 15.3. The molecule has 29 heavy (non-hydrogen) atoms. The van der Waals surface area contributed by atoms with E-state index in [4.69, 9.17) is 0 Å². The molecular weight excluding hydrogens is 371 g/mol. The third-order valence-corrected chi connectivity index (χ3v) is 5.26. The Hall–Kier alpha value is -3.74. The number of amides is 2. The van der Waals surface area contributed by atoms with Crippen molar-refractivity contribution in [1.82, 2.24) is 15.5 Å². The smallest absolute Gasteiger partial charge is 0.247 e. The van der Waals surface area contributed by atoms with Gasteiger partial charge in [0.15, 0.2) is 5.82 Å². The fraction of sp³-hybridized carbons (Fsp3) is 0.136. The topological polar surface area (TPSA) is 86.9 Å². The summed E-state index contributed by atoms with van der Waals surface area (Å²) in [4.78, 5) is 23.7. The molecule has 0 aliphatic carbocycles. The van der Waals surface area contributed by atoms with E-state index >= 15 is 4.39 Å². The SMILES string of the molecule is O=C1CC[C@@H](C(=O)Nc2ccc3[nH]nc(-c4ccc5ccccc5c4)c3c2F)N1. The molecule has 0 radical (unpaired) electrons. The van der Waals surface area contributed by atoms with E-state index in [1.165, 1.54) is 6.07 Å². The Bertz CT molecular complexity index is 1280. The van der Waals surface area contributed by atoms with Gasteiger partial charge in [-0.15, -0.1) is 0 Å². The maximum Gasteiger partial charge on any atom is 0.247 e.